The van der Waals surface area contributed by atoms with Crippen molar-refractivity contribution >= 4 is 23.4 Å². The predicted molar refractivity (Wildman–Crippen MR) is 112 cm³/mol. The molecule has 1 aromatic heterocycles. The Morgan fingerprint density at radius 3 is 2.72 bits per heavy atom. The summed E-state index contributed by atoms with van der Waals surface area (Å²) in [5.41, 5.74) is 1.35. The van der Waals surface area contributed by atoms with Crippen LogP contribution in [0.1, 0.15) is 12.8 Å². The maximum Gasteiger partial charge on any atom is 0.277 e. The van der Waals surface area contributed by atoms with Crippen molar-refractivity contribution in [2.45, 2.75) is 23.8 Å². The van der Waals surface area contributed by atoms with Crippen LogP contribution in [0.4, 0.5) is 5.69 Å². The van der Waals surface area contributed by atoms with Crippen molar-refractivity contribution in [2.75, 3.05) is 31.9 Å². The third-order valence-electron chi connectivity index (χ3n) is 5.10. The molecule has 0 bridgehead atoms. The maximum atomic E-state index is 12.6. The molecule has 1 amide bonds. The number of aryl methyl sites for hydroxylation is 1. The molecule has 2 aromatic rings. The van der Waals surface area contributed by atoms with E-state index >= 15 is 0 Å². The lowest BCUT2D eigenvalue weighted by atomic mass is 10.0. The molecule has 1 atom stereocenters. The number of thioether (sulfide) groups is 1. The average molecular weight is 416 g/mol. The molecular formula is C21H24N2O5S. The SMILES string of the molecule is COCC1Oc2c(-c3cc(SC)ccc3OCC3CC3)cn(C)c(=O)c2NC1=O. The van der Waals surface area contributed by atoms with E-state index in [9.17, 15) is 9.59 Å². The van der Waals surface area contributed by atoms with Crippen molar-refractivity contribution in [2.24, 2.45) is 13.0 Å². The van der Waals surface area contributed by atoms with Crippen molar-refractivity contribution in [3.05, 3.63) is 34.7 Å². The number of methoxy groups -OCH3 is 1. The number of rotatable bonds is 7. The van der Waals surface area contributed by atoms with Crippen LogP contribution in [0.5, 0.6) is 11.5 Å². The molecule has 4 rings (SSSR count). The van der Waals surface area contributed by atoms with E-state index in [-0.39, 0.29) is 17.9 Å². The maximum absolute atomic E-state index is 12.6. The van der Waals surface area contributed by atoms with E-state index in [4.69, 9.17) is 14.2 Å². The van der Waals surface area contributed by atoms with Gasteiger partial charge >= 0.3 is 0 Å². The molecule has 0 radical (unpaired) electrons. The Balaban J connectivity index is 1.84. The zero-order valence-electron chi connectivity index (χ0n) is 16.7. The number of benzene rings is 1. The predicted octanol–water partition coefficient (Wildman–Crippen LogP) is 2.91. The number of carbonyl (C=O) groups is 1. The minimum absolute atomic E-state index is 0.0931. The molecule has 1 unspecified atom stereocenters. The Hall–Kier alpha value is -2.45. The summed E-state index contributed by atoms with van der Waals surface area (Å²) in [6.45, 7) is 0.763. The van der Waals surface area contributed by atoms with Crippen LogP contribution in [0, 0.1) is 5.92 Å². The number of hydrogen-bond donors (Lipinski definition) is 1. The van der Waals surface area contributed by atoms with Crippen LogP contribution in [0.2, 0.25) is 0 Å². The third kappa shape index (κ3) is 4.00. The number of nitrogens with zero attached hydrogens (tertiary/aromatic N) is 1. The summed E-state index contributed by atoms with van der Waals surface area (Å²) in [7, 11) is 3.16. The van der Waals surface area contributed by atoms with Gasteiger partial charge in [0.1, 0.15) is 5.75 Å². The van der Waals surface area contributed by atoms with E-state index in [1.165, 1.54) is 24.5 Å². The Morgan fingerprint density at radius 1 is 1.24 bits per heavy atom. The Bertz CT molecular complexity index is 999. The van der Waals surface area contributed by atoms with Gasteiger partial charge in [0.15, 0.2) is 11.4 Å². The summed E-state index contributed by atoms with van der Waals surface area (Å²) in [6, 6.07) is 5.99. The van der Waals surface area contributed by atoms with Crippen LogP contribution in [-0.2, 0) is 16.6 Å². The van der Waals surface area contributed by atoms with Crippen molar-refractivity contribution in [1.82, 2.24) is 4.57 Å². The summed E-state index contributed by atoms with van der Waals surface area (Å²) >= 11 is 1.62. The fourth-order valence-corrected chi connectivity index (χ4v) is 3.71. The van der Waals surface area contributed by atoms with Gasteiger partial charge in [0.05, 0.1) is 13.2 Å². The molecular weight excluding hydrogens is 392 g/mol. The highest BCUT2D eigenvalue weighted by Crippen LogP contribution is 2.43. The molecule has 154 valence electrons. The smallest absolute Gasteiger partial charge is 0.277 e. The average Bonchev–Trinajstić information content (AvgIpc) is 3.55. The van der Waals surface area contributed by atoms with Crippen molar-refractivity contribution in [3.63, 3.8) is 0 Å². The molecule has 1 fully saturated rings. The fourth-order valence-electron chi connectivity index (χ4n) is 3.27. The number of aromatic nitrogens is 1. The van der Waals surface area contributed by atoms with Crippen LogP contribution < -0.4 is 20.3 Å². The highest BCUT2D eigenvalue weighted by atomic mass is 32.2. The van der Waals surface area contributed by atoms with Crippen molar-refractivity contribution in [3.8, 4) is 22.6 Å². The van der Waals surface area contributed by atoms with E-state index in [1.807, 2.05) is 24.5 Å². The second-order valence-electron chi connectivity index (χ2n) is 7.33. The zero-order chi connectivity index (χ0) is 20.5. The summed E-state index contributed by atoms with van der Waals surface area (Å²) in [5.74, 6) is 1.30. The second kappa shape index (κ2) is 8.12. The molecule has 1 saturated carbocycles. The molecule has 2 aliphatic rings. The highest BCUT2D eigenvalue weighted by Gasteiger charge is 2.33. The van der Waals surface area contributed by atoms with E-state index < -0.39 is 12.0 Å². The largest absolute Gasteiger partial charge is 0.493 e. The van der Waals surface area contributed by atoms with Crippen LogP contribution in [-0.4, -0.2) is 43.2 Å². The standard InChI is InChI=1S/C21H24N2O5S/c1-23-9-15(19-18(21(23)25)22-20(24)17(28-19)11-26-2)14-8-13(29-3)6-7-16(14)27-10-12-4-5-12/h6-9,12,17H,4-5,10-11H2,1-3H3,(H,22,24). The fraction of sp³-hybridized carbons (Fsp3) is 0.429. The van der Waals surface area contributed by atoms with Crippen LogP contribution in [0.25, 0.3) is 11.1 Å². The quantitative estimate of drug-likeness (QED) is 0.700. The normalized spacial score (nSPS) is 18.0. The molecule has 0 saturated heterocycles. The van der Waals surface area contributed by atoms with Gasteiger partial charge in [0.25, 0.3) is 11.5 Å². The molecule has 0 spiro atoms. The van der Waals surface area contributed by atoms with Gasteiger partial charge in [0, 0.05) is 36.4 Å². The van der Waals surface area contributed by atoms with Gasteiger partial charge in [-0.25, -0.2) is 0 Å². The molecule has 1 aliphatic heterocycles. The zero-order valence-corrected chi connectivity index (χ0v) is 17.5. The first kappa shape index (κ1) is 19.8. The summed E-state index contributed by atoms with van der Waals surface area (Å²) in [4.78, 5) is 26.0. The molecule has 8 heteroatoms. The Morgan fingerprint density at radius 2 is 2.03 bits per heavy atom. The van der Waals surface area contributed by atoms with Gasteiger partial charge < -0.3 is 24.1 Å². The van der Waals surface area contributed by atoms with Crippen LogP contribution in [0.3, 0.4) is 0 Å². The van der Waals surface area contributed by atoms with E-state index in [0.717, 1.165) is 16.2 Å². The third-order valence-corrected chi connectivity index (χ3v) is 5.82. The van der Waals surface area contributed by atoms with Gasteiger partial charge in [-0.2, -0.15) is 0 Å². The van der Waals surface area contributed by atoms with Crippen LogP contribution in [0.15, 0.2) is 34.1 Å². The van der Waals surface area contributed by atoms with Crippen LogP contribution >= 0.6 is 11.8 Å². The Labute approximate surface area is 173 Å². The molecule has 1 aliphatic carbocycles. The molecule has 29 heavy (non-hydrogen) atoms. The van der Waals surface area contributed by atoms with Gasteiger partial charge in [-0.05, 0) is 43.2 Å². The number of carbonyl (C=O) groups excluding carboxylic acids is 1. The van der Waals surface area contributed by atoms with Gasteiger partial charge in [-0.15, -0.1) is 11.8 Å². The van der Waals surface area contributed by atoms with Crippen molar-refractivity contribution in [1.29, 1.82) is 0 Å². The first-order valence-corrected chi connectivity index (χ1v) is 10.8. The number of anilines is 1. The minimum Gasteiger partial charge on any atom is -0.493 e. The van der Waals surface area contributed by atoms with E-state index in [1.54, 1.807) is 25.0 Å². The van der Waals surface area contributed by atoms with Gasteiger partial charge in [-0.3, -0.25) is 9.59 Å². The van der Waals surface area contributed by atoms with Gasteiger partial charge in [0.2, 0.25) is 6.10 Å². The van der Waals surface area contributed by atoms with E-state index in [2.05, 4.69) is 5.32 Å². The molecule has 1 aromatic carbocycles. The number of hydrogen-bond acceptors (Lipinski definition) is 6. The Kier molecular flexibility index (Phi) is 5.56. The van der Waals surface area contributed by atoms with E-state index in [0.29, 0.717) is 23.8 Å². The number of pyridine rings is 1. The minimum atomic E-state index is -0.821. The first-order chi connectivity index (χ1) is 14.0. The number of nitrogens with one attached hydrogen (secondary N) is 1. The van der Waals surface area contributed by atoms with Gasteiger partial charge in [-0.1, -0.05) is 0 Å². The lowest BCUT2D eigenvalue weighted by molar-refractivity contribution is -0.125. The number of fused-ring (bicyclic) bond motifs is 1. The summed E-state index contributed by atoms with van der Waals surface area (Å²) < 4.78 is 18.6. The second-order valence-corrected chi connectivity index (χ2v) is 8.21. The molecule has 7 nitrogen and oxygen atoms in total. The molecule has 1 N–H and O–H groups in total. The lowest BCUT2D eigenvalue weighted by Gasteiger charge is -2.27. The molecule has 2 heterocycles. The monoisotopic (exact) mass is 416 g/mol. The number of ether oxygens (including phenoxy) is 3. The summed E-state index contributed by atoms with van der Waals surface area (Å²) in [6.07, 6.45) is 5.30. The first-order valence-electron chi connectivity index (χ1n) is 9.53. The number of amides is 1. The highest BCUT2D eigenvalue weighted by molar-refractivity contribution is 7.98. The lowest BCUT2D eigenvalue weighted by Crippen LogP contribution is -2.43. The van der Waals surface area contributed by atoms with Crippen molar-refractivity contribution < 1.29 is 19.0 Å². The summed E-state index contributed by atoms with van der Waals surface area (Å²) in [5, 5.41) is 2.70. The topological polar surface area (TPSA) is 78.8 Å².